The third-order valence-corrected chi connectivity index (χ3v) is 7.66. The molecule has 3 aliphatic rings. The fourth-order valence-corrected chi connectivity index (χ4v) is 5.73. The van der Waals surface area contributed by atoms with Gasteiger partial charge in [0.2, 0.25) is 11.8 Å². The number of allylic oxidation sites excluding steroid dienone is 1. The topological polar surface area (TPSA) is 101 Å². The van der Waals surface area contributed by atoms with Crippen molar-refractivity contribution in [3.05, 3.63) is 46.1 Å². The van der Waals surface area contributed by atoms with Crippen molar-refractivity contribution >= 4 is 34.7 Å². The Balaban J connectivity index is 1.69. The second-order valence-corrected chi connectivity index (χ2v) is 9.61. The van der Waals surface area contributed by atoms with Crippen LogP contribution in [-0.4, -0.2) is 85.2 Å². The van der Waals surface area contributed by atoms with E-state index in [0.29, 0.717) is 60.5 Å². The number of rotatable bonds is 7. The number of fused-ring (bicyclic) bond motifs is 1. The van der Waals surface area contributed by atoms with Crippen molar-refractivity contribution in [1.29, 1.82) is 0 Å². The Morgan fingerprint density at radius 2 is 1.76 bits per heavy atom. The van der Waals surface area contributed by atoms with Gasteiger partial charge in [-0.3, -0.25) is 9.59 Å². The quantitative estimate of drug-likeness (QED) is 0.498. The van der Waals surface area contributed by atoms with Crippen LogP contribution in [0.15, 0.2) is 45.6 Å². The van der Waals surface area contributed by atoms with Crippen molar-refractivity contribution in [2.75, 3.05) is 47.5 Å². The molecule has 0 saturated carbocycles. The number of aliphatic imine (C=N–C) groups is 1. The molecule has 0 unspecified atom stereocenters. The van der Waals surface area contributed by atoms with E-state index in [0.717, 1.165) is 11.3 Å². The number of thioether (sulfide) groups is 1. The first kappa shape index (κ1) is 26.6. The molecule has 1 saturated heterocycles. The molecule has 10 nitrogen and oxygen atoms in total. The number of carbonyl (C=O) groups excluding carboxylic acids is 3. The summed E-state index contributed by atoms with van der Waals surface area (Å²) < 4.78 is 16.3. The van der Waals surface area contributed by atoms with E-state index in [9.17, 15) is 14.4 Å². The number of hydrogen-bond donors (Lipinski definition) is 0. The van der Waals surface area contributed by atoms with E-state index in [1.807, 2.05) is 29.4 Å². The highest BCUT2D eigenvalue weighted by Crippen LogP contribution is 2.48. The molecule has 0 aliphatic carbocycles. The van der Waals surface area contributed by atoms with Crippen molar-refractivity contribution in [3.8, 4) is 11.5 Å². The predicted octanol–water partition coefficient (Wildman–Crippen LogP) is 2.92. The maximum absolute atomic E-state index is 13.3. The van der Waals surface area contributed by atoms with E-state index < -0.39 is 12.0 Å². The van der Waals surface area contributed by atoms with Crippen LogP contribution in [0.5, 0.6) is 11.5 Å². The van der Waals surface area contributed by atoms with Gasteiger partial charge in [-0.15, -0.1) is 0 Å². The average Bonchev–Trinajstić information content (AvgIpc) is 3.33. The maximum atomic E-state index is 13.3. The van der Waals surface area contributed by atoms with Gasteiger partial charge >= 0.3 is 5.97 Å². The molecule has 0 bridgehead atoms. The predicted molar refractivity (Wildman–Crippen MR) is 140 cm³/mol. The molecule has 4 rings (SSSR count). The number of hydrogen-bond acceptors (Lipinski definition) is 9. The van der Waals surface area contributed by atoms with Crippen molar-refractivity contribution in [3.63, 3.8) is 0 Å². The zero-order valence-electron chi connectivity index (χ0n) is 21.8. The summed E-state index contributed by atoms with van der Waals surface area (Å²) in [6, 6.07) is 4.86. The van der Waals surface area contributed by atoms with Crippen LogP contribution in [0.2, 0.25) is 0 Å². The first-order valence-corrected chi connectivity index (χ1v) is 13.0. The molecule has 0 aromatic heterocycles. The van der Waals surface area contributed by atoms with Crippen LogP contribution in [0.3, 0.4) is 0 Å². The number of esters is 1. The number of piperazine rings is 1. The van der Waals surface area contributed by atoms with Gasteiger partial charge in [0.15, 0.2) is 5.17 Å². The molecule has 1 fully saturated rings. The highest BCUT2D eigenvalue weighted by Gasteiger charge is 2.43. The Hall–Kier alpha value is -3.47. The van der Waals surface area contributed by atoms with E-state index >= 15 is 0 Å². The van der Waals surface area contributed by atoms with Gasteiger partial charge in [0.1, 0.15) is 11.5 Å². The molecule has 3 heterocycles. The third kappa shape index (κ3) is 5.18. The monoisotopic (exact) mass is 528 g/mol. The highest BCUT2D eigenvalue weighted by molar-refractivity contribution is 8.16. The summed E-state index contributed by atoms with van der Waals surface area (Å²) >= 11 is 1.43. The van der Waals surface area contributed by atoms with Gasteiger partial charge in [0.25, 0.3) is 0 Å². The largest absolute Gasteiger partial charge is 0.497 e. The van der Waals surface area contributed by atoms with E-state index in [-0.39, 0.29) is 18.2 Å². The van der Waals surface area contributed by atoms with Gasteiger partial charge in [-0.05, 0) is 24.0 Å². The number of amides is 2. The van der Waals surface area contributed by atoms with Gasteiger partial charge < -0.3 is 28.9 Å². The fourth-order valence-electron chi connectivity index (χ4n) is 4.79. The van der Waals surface area contributed by atoms with Crippen molar-refractivity contribution in [1.82, 2.24) is 14.7 Å². The standard InChI is InChI=1S/C26H32N4O6S/c1-6-20-23(25(33)36-5)24(19-8-7-18(34-3)14-21(19)35-4)30-17(15-37-26(30)27-20)13-22(32)29-11-9-28(10-12-29)16(2)31/h7-8,14-15,24H,6,9-13H2,1-5H3/t24-/m1/s1. The number of ether oxygens (including phenoxy) is 3. The van der Waals surface area contributed by atoms with Crippen LogP contribution in [0.25, 0.3) is 0 Å². The van der Waals surface area contributed by atoms with Crippen LogP contribution in [0.4, 0.5) is 0 Å². The number of benzene rings is 1. The Labute approximate surface area is 220 Å². The van der Waals surface area contributed by atoms with Crippen LogP contribution < -0.4 is 9.47 Å². The van der Waals surface area contributed by atoms with Crippen molar-refractivity contribution in [2.24, 2.45) is 4.99 Å². The molecule has 3 aliphatic heterocycles. The minimum atomic E-state index is -0.598. The van der Waals surface area contributed by atoms with Gasteiger partial charge in [-0.2, -0.15) is 0 Å². The number of carbonyl (C=O) groups is 3. The smallest absolute Gasteiger partial charge is 0.338 e. The van der Waals surface area contributed by atoms with Crippen LogP contribution in [0.1, 0.15) is 38.3 Å². The summed E-state index contributed by atoms with van der Waals surface area (Å²) in [5.41, 5.74) is 2.52. The molecule has 37 heavy (non-hydrogen) atoms. The molecule has 1 aromatic rings. The third-order valence-electron chi connectivity index (χ3n) is 6.77. The zero-order chi connectivity index (χ0) is 26.7. The second kappa shape index (κ2) is 11.3. The number of amidine groups is 1. The molecular formula is C26H32N4O6S. The van der Waals surface area contributed by atoms with E-state index in [1.54, 1.807) is 37.0 Å². The molecule has 0 radical (unpaired) electrons. The first-order chi connectivity index (χ1) is 17.8. The molecule has 11 heteroatoms. The minimum absolute atomic E-state index is 0.0151. The van der Waals surface area contributed by atoms with E-state index in [2.05, 4.69) is 0 Å². The Bertz CT molecular complexity index is 1190. The molecule has 1 aromatic carbocycles. The van der Waals surface area contributed by atoms with Gasteiger partial charge in [-0.25, -0.2) is 9.79 Å². The molecule has 0 spiro atoms. The van der Waals surface area contributed by atoms with Gasteiger partial charge in [0, 0.05) is 50.4 Å². The van der Waals surface area contributed by atoms with E-state index in [1.165, 1.54) is 18.9 Å². The van der Waals surface area contributed by atoms with Crippen molar-refractivity contribution in [2.45, 2.75) is 32.7 Å². The normalized spacial score (nSPS) is 19.3. The second-order valence-electron chi connectivity index (χ2n) is 8.77. The van der Waals surface area contributed by atoms with E-state index in [4.69, 9.17) is 19.2 Å². The summed E-state index contributed by atoms with van der Waals surface area (Å²) in [6.07, 6.45) is 0.670. The Kier molecular flexibility index (Phi) is 8.11. The molecule has 0 N–H and O–H groups in total. The van der Waals surface area contributed by atoms with Gasteiger partial charge in [0.05, 0.1) is 45.1 Å². The van der Waals surface area contributed by atoms with Crippen LogP contribution in [0, 0.1) is 0 Å². The zero-order valence-corrected chi connectivity index (χ0v) is 22.6. The molecular weight excluding hydrogens is 496 g/mol. The molecule has 2 amide bonds. The summed E-state index contributed by atoms with van der Waals surface area (Å²) in [5, 5.41) is 2.61. The maximum Gasteiger partial charge on any atom is 0.338 e. The highest BCUT2D eigenvalue weighted by atomic mass is 32.2. The summed E-state index contributed by atoms with van der Waals surface area (Å²) in [7, 11) is 4.50. The first-order valence-electron chi connectivity index (χ1n) is 12.1. The number of nitrogens with zero attached hydrogens (tertiary/aromatic N) is 4. The Morgan fingerprint density at radius 3 is 2.35 bits per heavy atom. The van der Waals surface area contributed by atoms with Crippen LogP contribution >= 0.6 is 11.8 Å². The fraction of sp³-hybridized carbons (Fsp3) is 0.462. The average molecular weight is 529 g/mol. The molecule has 198 valence electrons. The van der Waals surface area contributed by atoms with Crippen LogP contribution in [-0.2, 0) is 19.1 Å². The lowest BCUT2D eigenvalue weighted by Gasteiger charge is -2.38. The summed E-state index contributed by atoms with van der Waals surface area (Å²) in [5.74, 6) is 0.662. The van der Waals surface area contributed by atoms with Crippen molar-refractivity contribution < 1.29 is 28.6 Å². The van der Waals surface area contributed by atoms with Gasteiger partial charge in [-0.1, -0.05) is 18.7 Å². The molecule has 1 atom stereocenters. The summed E-state index contributed by atoms with van der Waals surface area (Å²) in [6.45, 7) is 5.50. The lowest BCUT2D eigenvalue weighted by molar-refractivity contribution is -0.138. The Morgan fingerprint density at radius 1 is 1.05 bits per heavy atom. The lowest BCUT2D eigenvalue weighted by Crippen LogP contribution is -2.50. The SMILES string of the molecule is CCC1=C(C(=O)OC)[C@@H](c2ccc(OC)cc2OC)N2C(CC(=O)N3CCN(C(C)=O)CC3)=CSC2=N1. The minimum Gasteiger partial charge on any atom is -0.497 e. The number of methoxy groups -OCH3 is 3. The summed E-state index contributed by atoms with van der Waals surface area (Å²) in [4.78, 5) is 48.3. The lowest BCUT2D eigenvalue weighted by atomic mass is 9.92.